The predicted molar refractivity (Wildman–Crippen MR) is 82.4 cm³/mol. The summed E-state index contributed by atoms with van der Waals surface area (Å²) in [7, 11) is 2.03. The Morgan fingerprint density at radius 2 is 2.35 bits per heavy atom. The molecular weight excluding hydrogens is 250 g/mol. The van der Waals surface area contributed by atoms with Gasteiger partial charge in [-0.1, -0.05) is 18.2 Å². The Hall–Kier alpha value is -1.81. The van der Waals surface area contributed by atoms with Crippen LogP contribution >= 0.6 is 0 Å². The van der Waals surface area contributed by atoms with E-state index in [9.17, 15) is 4.79 Å². The van der Waals surface area contributed by atoms with Gasteiger partial charge in [-0.25, -0.2) is 0 Å². The molecular formula is C16H21N3O. The highest BCUT2D eigenvalue weighted by atomic mass is 16.1. The van der Waals surface area contributed by atoms with E-state index in [-0.39, 0.29) is 0 Å². The second-order valence-corrected chi connectivity index (χ2v) is 5.63. The molecule has 1 aromatic rings. The van der Waals surface area contributed by atoms with Crippen LogP contribution in [0.15, 0.2) is 29.8 Å². The van der Waals surface area contributed by atoms with Gasteiger partial charge in [0.25, 0.3) is 0 Å². The van der Waals surface area contributed by atoms with E-state index in [0.717, 1.165) is 38.0 Å². The number of nitrogens with zero attached hydrogens (tertiary/aromatic N) is 2. The van der Waals surface area contributed by atoms with Crippen LogP contribution < -0.4 is 15.1 Å². The van der Waals surface area contributed by atoms with Crippen molar-refractivity contribution in [1.29, 1.82) is 0 Å². The van der Waals surface area contributed by atoms with Gasteiger partial charge in [0.15, 0.2) is 0 Å². The van der Waals surface area contributed by atoms with Crippen LogP contribution in [0.3, 0.4) is 0 Å². The van der Waals surface area contributed by atoms with Crippen molar-refractivity contribution in [3.8, 4) is 0 Å². The van der Waals surface area contributed by atoms with Crippen LogP contribution in [0.5, 0.6) is 0 Å². The lowest BCUT2D eigenvalue weighted by atomic mass is 9.98. The Morgan fingerprint density at radius 3 is 3.10 bits per heavy atom. The third-order valence-electron chi connectivity index (χ3n) is 4.23. The molecule has 2 aliphatic heterocycles. The van der Waals surface area contributed by atoms with E-state index in [0.29, 0.717) is 6.04 Å². The third kappa shape index (κ3) is 2.20. The van der Waals surface area contributed by atoms with E-state index in [1.807, 2.05) is 20.0 Å². The number of benzene rings is 1. The van der Waals surface area contributed by atoms with Crippen molar-refractivity contribution < 1.29 is 4.79 Å². The van der Waals surface area contributed by atoms with E-state index >= 15 is 0 Å². The van der Waals surface area contributed by atoms with Crippen molar-refractivity contribution in [2.24, 2.45) is 0 Å². The largest absolute Gasteiger partial charge is 0.350 e. The zero-order valence-electron chi connectivity index (χ0n) is 12.1. The molecule has 2 aliphatic rings. The fourth-order valence-electron chi connectivity index (χ4n) is 3.11. The monoisotopic (exact) mass is 271 g/mol. The fourth-order valence-corrected chi connectivity index (χ4v) is 3.11. The Morgan fingerprint density at radius 1 is 1.50 bits per heavy atom. The van der Waals surface area contributed by atoms with E-state index < -0.39 is 0 Å². The van der Waals surface area contributed by atoms with Gasteiger partial charge in [0.1, 0.15) is 6.29 Å². The molecule has 0 aromatic heterocycles. The second-order valence-electron chi connectivity index (χ2n) is 5.63. The van der Waals surface area contributed by atoms with Gasteiger partial charge in [0, 0.05) is 19.1 Å². The fraction of sp³-hybridized carbons (Fsp3) is 0.438. The van der Waals surface area contributed by atoms with Crippen LogP contribution in [0.2, 0.25) is 0 Å². The number of anilines is 2. The number of likely N-dealkylation sites (N-methyl/N-ethyl adjacent to an activating group) is 1. The average Bonchev–Trinajstić information content (AvgIpc) is 2.84. The molecule has 106 valence electrons. The minimum absolute atomic E-state index is 0.518. The van der Waals surface area contributed by atoms with Gasteiger partial charge in [0.05, 0.1) is 18.0 Å². The molecule has 0 bridgehead atoms. The topological polar surface area (TPSA) is 35.6 Å². The number of carbonyl (C=O) groups excluding carboxylic acids is 1. The number of para-hydroxylation sites is 1. The van der Waals surface area contributed by atoms with E-state index in [1.54, 1.807) is 0 Å². The lowest BCUT2D eigenvalue weighted by Gasteiger charge is -2.32. The second kappa shape index (κ2) is 5.29. The quantitative estimate of drug-likeness (QED) is 0.666. The number of rotatable bonds is 4. The van der Waals surface area contributed by atoms with Gasteiger partial charge in [-0.3, -0.25) is 4.79 Å². The lowest BCUT2D eigenvalue weighted by molar-refractivity contribution is -0.104. The molecule has 0 aliphatic carbocycles. The first kappa shape index (κ1) is 13.2. The molecule has 3 rings (SSSR count). The number of nitrogens with one attached hydrogen (secondary N) is 1. The summed E-state index contributed by atoms with van der Waals surface area (Å²) < 4.78 is 0. The molecule has 0 fully saturated rings. The van der Waals surface area contributed by atoms with Crippen LogP contribution in [0.25, 0.3) is 0 Å². The molecule has 1 aromatic carbocycles. The molecule has 4 nitrogen and oxygen atoms in total. The highest BCUT2D eigenvalue weighted by Crippen LogP contribution is 2.41. The number of aldehydes is 1. The normalized spacial score (nSPS) is 21.1. The van der Waals surface area contributed by atoms with E-state index in [1.165, 1.54) is 16.9 Å². The number of carbonyl (C=O) groups is 1. The standard InChI is InChI=1S/C16H21N3O/c1-12(10-20)6-7-18-11-19-9-14(17-2)8-13-4-3-5-15(18)16(13)19/h3-6,10,14,17H,7-9,11H2,1-2H3/b12-6-/t14-/m1/s1. The van der Waals surface area contributed by atoms with Gasteiger partial charge in [-0.15, -0.1) is 0 Å². The van der Waals surface area contributed by atoms with Crippen molar-refractivity contribution >= 4 is 17.7 Å². The van der Waals surface area contributed by atoms with Gasteiger partial charge in [-0.2, -0.15) is 0 Å². The van der Waals surface area contributed by atoms with Crippen LogP contribution in [0.4, 0.5) is 11.4 Å². The van der Waals surface area contributed by atoms with Crippen LogP contribution in [-0.4, -0.2) is 39.1 Å². The molecule has 0 saturated carbocycles. The van der Waals surface area contributed by atoms with Crippen LogP contribution in [0.1, 0.15) is 12.5 Å². The smallest absolute Gasteiger partial charge is 0.145 e. The van der Waals surface area contributed by atoms with Gasteiger partial charge >= 0.3 is 0 Å². The summed E-state index contributed by atoms with van der Waals surface area (Å²) in [5, 5.41) is 3.39. The number of hydrogen-bond acceptors (Lipinski definition) is 4. The predicted octanol–water partition coefficient (Wildman–Crippen LogP) is 1.56. The van der Waals surface area contributed by atoms with Crippen molar-refractivity contribution in [3.05, 3.63) is 35.4 Å². The molecule has 2 heterocycles. The maximum absolute atomic E-state index is 10.7. The van der Waals surface area contributed by atoms with Crippen molar-refractivity contribution in [1.82, 2.24) is 5.32 Å². The molecule has 4 heteroatoms. The summed E-state index contributed by atoms with van der Waals surface area (Å²) in [6.07, 6.45) is 4.01. The van der Waals surface area contributed by atoms with E-state index in [4.69, 9.17) is 0 Å². The SMILES string of the molecule is CN[C@@H]1Cc2cccc3c2N(C1)CN3C/C=C(/C)C=O. The molecule has 1 N–H and O–H groups in total. The van der Waals surface area contributed by atoms with E-state index in [2.05, 4.69) is 33.3 Å². The lowest BCUT2D eigenvalue weighted by Crippen LogP contribution is -2.45. The minimum atomic E-state index is 0.518. The molecule has 0 unspecified atom stereocenters. The Kier molecular flexibility index (Phi) is 3.49. The highest BCUT2D eigenvalue weighted by molar-refractivity contribution is 5.81. The van der Waals surface area contributed by atoms with Crippen molar-refractivity contribution in [2.75, 3.05) is 36.6 Å². The highest BCUT2D eigenvalue weighted by Gasteiger charge is 2.32. The van der Waals surface area contributed by atoms with Gasteiger partial charge < -0.3 is 15.1 Å². The Labute approximate surface area is 120 Å². The summed E-state index contributed by atoms with van der Waals surface area (Å²) in [6.45, 7) is 4.61. The molecule has 1 atom stereocenters. The summed E-state index contributed by atoms with van der Waals surface area (Å²) in [6, 6.07) is 7.07. The number of hydrogen-bond donors (Lipinski definition) is 1. The van der Waals surface area contributed by atoms with Crippen LogP contribution in [0, 0.1) is 0 Å². The van der Waals surface area contributed by atoms with Crippen LogP contribution in [-0.2, 0) is 11.2 Å². The van der Waals surface area contributed by atoms with Gasteiger partial charge in [-0.05, 0) is 37.6 Å². The summed E-state index contributed by atoms with van der Waals surface area (Å²) in [5.74, 6) is 0. The van der Waals surface area contributed by atoms with Crippen molar-refractivity contribution in [3.63, 3.8) is 0 Å². The summed E-state index contributed by atoms with van der Waals surface area (Å²) in [4.78, 5) is 15.5. The average molecular weight is 271 g/mol. The molecule has 0 saturated heterocycles. The summed E-state index contributed by atoms with van der Waals surface area (Å²) >= 11 is 0. The maximum atomic E-state index is 10.7. The maximum Gasteiger partial charge on any atom is 0.145 e. The summed E-state index contributed by atoms with van der Waals surface area (Å²) in [5.41, 5.74) is 4.90. The molecule has 0 radical (unpaired) electrons. The first-order valence-electron chi connectivity index (χ1n) is 7.14. The third-order valence-corrected chi connectivity index (χ3v) is 4.23. The molecule has 0 amide bonds. The Bertz CT molecular complexity index is 553. The Balaban J connectivity index is 1.88. The van der Waals surface area contributed by atoms with Crippen molar-refractivity contribution in [2.45, 2.75) is 19.4 Å². The molecule has 0 spiro atoms. The minimum Gasteiger partial charge on any atom is -0.350 e. The first-order valence-corrected chi connectivity index (χ1v) is 7.14. The number of allylic oxidation sites excluding steroid dienone is 1. The molecule has 20 heavy (non-hydrogen) atoms. The zero-order chi connectivity index (χ0) is 14.1. The first-order chi connectivity index (χ1) is 9.72. The van der Waals surface area contributed by atoms with Gasteiger partial charge in [0.2, 0.25) is 0 Å². The zero-order valence-corrected chi connectivity index (χ0v) is 12.1.